The molecular formula is C19H35N2+. The predicted octanol–water partition coefficient (Wildman–Crippen LogP) is 2.97. The SMILES string of the molecule is C[C@@]12CCC[C@H]1[C@@H]1CC[C@H]3C[C@H](N)[C@H]([NH3+])C[C@]3(C)[C@H]1CC2. The maximum Gasteiger partial charge on any atom is 0.100 e. The summed E-state index contributed by atoms with van der Waals surface area (Å²) < 4.78 is 0. The summed E-state index contributed by atoms with van der Waals surface area (Å²) in [5.74, 6) is 3.92. The van der Waals surface area contributed by atoms with Crippen molar-refractivity contribution in [3.05, 3.63) is 0 Å². The molecule has 4 rings (SSSR count). The van der Waals surface area contributed by atoms with E-state index in [9.17, 15) is 0 Å². The van der Waals surface area contributed by atoms with Gasteiger partial charge in [0.2, 0.25) is 0 Å². The van der Waals surface area contributed by atoms with Gasteiger partial charge in [-0.05, 0) is 79.4 Å². The fourth-order valence-electron chi connectivity index (χ4n) is 7.47. The summed E-state index contributed by atoms with van der Waals surface area (Å²) in [6.07, 6.45) is 13.0. The van der Waals surface area contributed by atoms with E-state index in [4.69, 9.17) is 5.73 Å². The maximum absolute atomic E-state index is 6.36. The Hall–Kier alpha value is -0.0800. The van der Waals surface area contributed by atoms with E-state index in [0.717, 1.165) is 23.7 Å². The van der Waals surface area contributed by atoms with Gasteiger partial charge in [0.15, 0.2) is 0 Å². The van der Waals surface area contributed by atoms with Crippen LogP contribution in [0.3, 0.4) is 0 Å². The minimum Gasteiger partial charge on any atom is -0.354 e. The quantitative estimate of drug-likeness (QED) is 0.708. The minimum atomic E-state index is 0.361. The van der Waals surface area contributed by atoms with Crippen molar-refractivity contribution in [2.24, 2.45) is 40.2 Å². The Labute approximate surface area is 130 Å². The van der Waals surface area contributed by atoms with Gasteiger partial charge in [-0.25, -0.2) is 0 Å². The first-order valence-corrected chi connectivity index (χ1v) is 9.53. The molecule has 0 heterocycles. The van der Waals surface area contributed by atoms with Crippen molar-refractivity contribution in [3.8, 4) is 0 Å². The second-order valence-electron chi connectivity index (χ2n) is 9.61. The number of hydrogen-bond donors (Lipinski definition) is 2. The van der Waals surface area contributed by atoms with Crippen LogP contribution in [0.1, 0.15) is 71.6 Å². The van der Waals surface area contributed by atoms with Crippen LogP contribution in [-0.2, 0) is 0 Å². The van der Waals surface area contributed by atoms with E-state index < -0.39 is 0 Å². The molecule has 120 valence electrons. The van der Waals surface area contributed by atoms with Crippen LogP contribution < -0.4 is 11.5 Å². The first kappa shape index (κ1) is 14.5. The zero-order valence-electron chi connectivity index (χ0n) is 14.1. The maximum atomic E-state index is 6.36. The van der Waals surface area contributed by atoms with E-state index in [-0.39, 0.29) is 0 Å². The number of quaternary nitrogens is 1. The summed E-state index contributed by atoms with van der Waals surface area (Å²) in [5.41, 5.74) is 12.0. The van der Waals surface area contributed by atoms with Gasteiger partial charge in [-0.1, -0.05) is 20.3 Å². The lowest BCUT2D eigenvalue weighted by molar-refractivity contribution is -0.439. The van der Waals surface area contributed by atoms with Gasteiger partial charge in [0.1, 0.15) is 6.04 Å². The smallest absolute Gasteiger partial charge is 0.100 e. The first-order chi connectivity index (χ1) is 9.94. The molecule has 0 aromatic carbocycles. The van der Waals surface area contributed by atoms with Crippen LogP contribution in [0.2, 0.25) is 0 Å². The van der Waals surface area contributed by atoms with Crippen LogP contribution in [0.25, 0.3) is 0 Å². The molecule has 0 aliphatic heterocycles. The zero-order valence-corrected chi connectivity index (χ0v) is 14.1. The molecule has 0 bridgehead atoms. The molecule has 8 atom stereocenters. The molecule has 0 radical (unpaired) electrons. The Balaban J connectivity index is 1.63. The summed E-state index contributed by atoms with van der Waals surface area (Å²) in [5, 5.41) is 0. The van der Waals surface area contributed by atoms with Gasteiger partial charge in [0.05, 0.1) is 6.04 Å². The highest BCUT2D eigenvalue weighted by Gasteiger charge is 2.59. The van der Waals surface area contributed by atoms with Crippen molar-refractivity contribution < 1.29 is 5.73 Å². The number of nitrogens with two attached hydrogens (primary N) is 1. The van der Waals surface area contributed by atoms with E-state index in [0.29, 0.717) is 22.9 Å². The second-order valence-corrected chi connectivity index (χ2v) is 9.61. The van der Waals surface area contributed by atoms with Crippen molar-refractivity contribution in [3.63, 3.8) is 0 Å². The summed E-state index contributed by atoms with van der Waals surface area (Å²) in [4.78, 5) is 0. The van der Waals surface area contributed by atoms with Crippen LogP contribution in [-0.4, -0.2) is 12.1 Å². The minimum absolute atomic E-state index is 0.361. The number of rotatable bonds is 0. The van der Waals surface area contributed by atoms with Crippen molar-refractivity contribution in [1.82, 2.24) is 0 Å². The van der Waals surface area contributed by atoms with E-state index >= 15 is 0 Å². The Morgan fingerprint density at radius 2 is 1.81 bits per heavy atom. The van der Waals surface area contributed by atoms with Gasteiger partial charge in [0, 0.05) is 6.42 Å². The Bertz CT molecular complexity index is 422. The highest BCUT2D eigenvalue weighted by Crippen LogP contribution is 2.65. The van der Waals surface area contributed by atoms with E-state index in [2.05, 4.69) is 19.6 Å². The van der Waals surface area contributed by atoms with Crippen LogP contribution >= 0.6 is 0 Å². The molecule has 4 fully saturated rings. The molecule has 0 unspecified atom stereocenters. The van der Waals surface area contributed by atoms with Crippen LogP contribution in [0.4, 0.5) is 0 Å². The predicted molar refractivity (Wildman–Crippen MR) is 86.4 cm³/mol. The molecule has 0 saturated heterocycles. The number of hydrogen-bond acceptors (Lipinski definition) is 1. The zero-order chi connectivity index (χ0) is 14.8. The van der Waals surface area contributed by atoms with Crippen LogP contribution in [0, 0.1) is 34.5 Å². The lowest BCUT2D eigenvalue weighted by atomic mass is 9.44. The van der Waals surface area contributed by atoms with Gasteiger partial charge in [-0.15, -0.1) is 0 Å². The van der Waals surface area contributed by atoms with Crippen molar-refractivity contribution >= 4 is 0 Å². The molecule has 4 saturated carbocycles. The molecule has 0 aromatic heterocycles. The molecule has 5 N–H and O–H groups in total. The van der Waals surface area contributed by atoms with Crippen LogP contribution in [0.15, 0.2) is 0 Å². The second kappa shape index (κ2) is 4.71. The topological polar surface area (TPSA) is 53.7 Å². The summed E-state index contributed by atoms with van der Waals surface area (Å²) in [7, 11) is 0. The monoisotopic (exact) mass is 291 g/mol. The largest absolute Gasteiger partial charge is 0.354 e. The fraction of sp³-hybridized carbons (Fsp3) is 1.00. The lowest BCUT2D eigenvalue weighted by Crippen LogP contribution is -2.73. The van der Waals surface area contributed by atoms with Crippen molar-refractivity contribution in [2.45, 2.75) is 83.7 Å². The third-order valence-corrected chi connectivity index (χ3v) is 8.71. The van der Waals surface area contributed by atoms with Gasteiger partial charge >= 0.3 is 0 Å². The molecule has 4 aliphatic carbocycles. The standard InChI is InChI=1S/C19H34N2/c1-18-8-3-4-14(18)13-6-5-12-10-16(20)17(21)11-19(12,2)15(13)7-9-18/h12-17H,3-11,20-21H2,1-2H3/p+1/t12-,13-,14-,15-,16-,17+,18-,19-/m0/s1. The summed E-state index contributed by atoms with van der Waals surface area (Å²) >= 11 is 0. The normalized spacial score (nSPS) is 60.0. The molecule has 0 spiro atoms. The van der Waals surface area contributed by atoms with Crippen LogP contribution in [0.5, 0.6) is 0 Å². The molecule has 21 heavy (non-hydrogen) atoms. The third-order valence-electron chi connectivity index (χ3n) is 8.71. The third kappa shape index (κ3) is 1.97. The van der Waals surface area contributed by atoms with Crippen molar-refractivity contribution in [2.75, 3.05) is 0 Å². The Morgan fingerprint density at radius 3 is 2.62 bits per heavy atom. The van der Waals surface area contributed by atoms with E-state index in [1.807, 2.05) is 0 Å². The molecule has 0 aromatic rings. The Morgan fingerprint density at radius 1 is 1.00 bits per heavy atom. The van der Waals surface area contributed by atoms with Gasteiger partial charge in [-0.3, -0.25) is 0 Å². The fourth-order valence-corrected chi connectivity index (χ4v) is 7.47. The molecule has 2 heteroatoms. The highest BCUT2D eigenvalue weighted by atomic mass is 14.8. The molecule has 2 nitrogen and oxygen atoms in total. The van der Waals surface area contributed by atoms with E-state index in [1.54, 1.807) is 0 Å². The molecule has 0 amide bonds. The Kier molecular flexibility index (Phi) is 3.25. The summed E-state index contributed by atoms with van der Waals surface area (Å²) in [6, 6.07) is 0.849. The molecule has 4 aliphatic rings. The average molecular weight is 292 g/mol. The van der Waals surface area contributed by atoms with Gasteiger partial charge in [-0.2, -0.15) is 0 Å². The summed E-state index contributed by atoms with van der Waals surface area (Å²) in [6.45, 7) is 5.23. The van der Waals surface area contributed by atoms with E-state index in [1.165, 1.54) is 57.8 Å². The van der Waals surface area contributed by atoms with Gasteiger partial charge < -0.3 is 11.5 Å². The lowest BCUT2D eigenvalue weighted by Gasteiger charge is -2.60. The molecular weight excluding hydrogens is 256 g/mol. The number of fused-ring (bicyclic) bond motifs is 5. The van der Waals surface area contributed by atoms with Crippen molar-refractivity contribution in [1.29, 1.82) is 0 Å². The van der Waals surface area contributed by atoms with Gasteiger partial charge in [0.25, 0.3) is 0 Å². The first-order valence-electron chi connectivity index (χ1n) is 9.53. The average Bonchev–Trinajstić information content (AvgIpc) is 2.82. The highest BCUT2D eigenvalue weighted by molar-refractivity contribution is 5.08.